The summed E-state index contributed by atoms with van der Waals surface area (Å²) < 4.78 is 5.23. The van der Waals surface area contributed by atoms with E-state index in [1.54, 1.807) is 18.4 Å². The first-order valence-corrected chi connectivity index (χ1v) is 8.00. The van der Waals surface area contributed by atoms with Crippen molar-refractivity contribution >= 4 is 34.0 Å². The quantitative estimate of drug-likeness (QED) is 0.583. The van der Waals surface area contributed by atoms with E-state index in [1.165, 1.54) is 0 Å². The molecule has 114 valence electrons. The van der Waals surface area contributed by atoms with E-state index in [1.807, 2.05) is 48.0 Å². The van der Waals surface area contributed by atoms with Crippen LogP contribution in [-0.2, 0) is 0 Å². The monoisotopic (exact) mass is 322 g/mol. The van der Waals surface area contributed by atoms with E-state index in [0.717, 1.165) is 33.0 Å². The predicted molar refractivity (Wildman–Crippen MR) is 93.5 cm³/mol. The van der Waals surface area contributed by atoms with E-state index >= 15 is 0 Å². The van der Waals surface area contributed by atoms with E-state index in [-0.39, 0.29) is 0 Å². The van der Waals surface area contributed by atoms with Gasteiger partial charge in [0.15, 0.2) is 0 Å². The summed E-state index contributed by atoms with van der Waals surface area (Å²) in [7, 11) is 1.65. The molecule has 4 rings (SSSR count). The van der Waals surface area contributed by atoms with Crippen molar-refractivity contribution in [1.82, 2.24) is 15.0 Å². The van der Waals surface area contributed by atoms with Gasteiger partial charge in [-0.1, -0.05) is 6.07 Å². The Balaban J connectivity index is 1.66. The van der Waals surface area contributed by atoms with Crippen LogP contribution in [0.2, 0.25) is 0 Å². The largest absolute Gasteiger partial charge is 0.497 e. The molecule has 23 heavy (non-hydrogen) atoms. The average molecular weight is 322 g/mol. The number of fused-ring (bicyclic) bond motifs is 1. The van der Waals surface area contributed by atoms with Crippen molar-refractivity contribution in [2.45, 2.75) is 0 Å². The summed E-state index contributed by atoms with van der Waals surface area (Å²) >= 11 is 1.62. The molecule has 2 heterocycles. The number of imidazole rings is 1. The summed E-state index contributed by atoms with van der Waals surface area (Å²) in [4.78, 5) is 12.2. The molecule has 0 amide bonds. The molecule has 0 atom stereocenters. The fourth-order valence-electron chi connectivity index (χ4n) is 2.41. The van der Waals surface area contributed by atoms with Gasteiger partial charge in [-0.05, 0) is 30.3 Å². The van der Waals surface area contributed by atoms with E-state index in [2.05, 4.69) is 26.3 Å². The van der Waals surface area contributed by atoms with Crippen LogP contribution in [-0.4, -0.2) is 22.1 Å². The summed E-state index contributed by atoms with van der Waals surface area (Å²) in [5.41, 5.74) is 3.89. The van der Waals surface area contributed by atoms with Crippen LogP contribution in [0.1, 0.15) is 0 Å². The Hall–Kier alpha value is -2.86. The Labute approximate surface area is 137 Å². The molecule has 0 aliphatic heterocycles. The summed E-state index contributed by atoms with van der Waals surface area (Å²) in [6, 6.07) is 13.8. The van der Waals surface area contributed by atoms with Gasteiger partial charge in [0.05, 0.1) is 18.1 Å². The minimum Gasteiger partial charge on any atom is -0.497 e. The lowest BCUT2D eigenvalue weighted by atomic mass is 10.2. The number of ether oxygens (including phenoxy) is 1. The van der Waals surface area contributed by atoms with Gasteiger partial charge in [-0.2, -0.15) is 0 Å². The third kappa shape index (κ3) is 2.76. The predicted octanol–water partition coefficient (Wildman–Crippen LogP) is 4.44. The zero-order chi connectivity index (χ0) is 15.6. The third-order valence-corrected chi connectivity index (χ3v) is 4.32. The first-order valence-electron chi connectivity index (χ1n) is 7.12. The van der Waals surface area contributed by atoms with Gasteiger partial charge in [0.1, 0.15) is 10.8 Å². The van der Waals surface area contributed by atoms with Crippen molar-refractivity contribution in [2.75, 3.05) is 12.4 Å². The fraction of sp³-hybridized carbons (Fsp3) is 0.0588. The molecular weight excluding hydrogens is 308 g/mol. The van der Waals surface area contributed by atoms with Gasteiger partial charge in [-0.3, -0.25) is 0 Å². The molecule has 0 bridgehead atoms. The molecule has 6 heteroatoms. The number of anilines is 2. The number of nitrogens with one attached hydrogen (secondary N) is 2. The van der Waals surface area contributed by atoms with Gasteiger partial charge in [-0.15, -0.1) is 11.3 Å². The van der Waals surface area contributed by atoms with E-state index in [9.17, 15) is 0 Å². The van der Waals surface area contributed by atoms with E-state index in [4.69, 9.17) is 4.74 Å². The van der Waals surface area contributed by atoms with Crippen LogP contribution in [0.5, 0.6) is 5.75 Å². The highest BCUT2D eigenvalue weighted by Gasteiger charge is 2.07. The van der Waals surface area contributed by atoms with Gasteiger partial charge in [0.25, 0.3) is 0 Å². The maximum absolute atomic E-state index is 5.23. The Bertz CT molecular complexity index is 946. The number of thiazole rings is 1. The molecule has 5 nitrogen and oxygen atoms in total. The Kier molecular flexibility index (Phi) is 3.44. The zero-order valence-corrected chi connectivity index (χ0v) is 13.2. The number of aromatic amines is 1. The molecule has 0 aliphatic carbocycles. The summed E-state index contributed by atoms with van der Waals surface area (Å²) in [6.45, 7) is 0. The Morgan fingerprint density at radius 1 is 1.17 bits per heavy atom. The van der Waals surface area contributed by atoms with E-state index in [0.29, 0.717) is 5.95 Å². The topological polar surface area (TPSA) is 62.8 Å². The molecule has 0 fully saturated rings. The van der Waals surface area contributed by atoms with Gasteiger partial charge in [0.2, 0.25) is 5.95 Å². The minimum atomic E-state index is 0.699. The Morgan fingerprint density at radius 2 is 2.13 bits per heavy atom. The Morgan fingerprint density at radius 3 is 2.96 bits per heavy atom. The van der Waals surface area contributed by atoms with Crippen LogP contribution >= 0.6 is 11.3 Å². The van der Waals surface area contributed by atoms with Crippen LogP contribution in [0, 0.1) is 0 Å². The normalized spacial score (nSPS) is 10.8. The lowest BCUT2D eigenvalue weighted by Gasteiger charge is -2.04. The summed E-state index contributed by atoms with van der Waals surface area (Å²) in [6.07, 6.45) is 1.81. The molecule has 0 radical (unpaired) electrons. The fourth-order valence-corrected chi connectivity index (χ4v) is 3.04. The molecule has 2 aromatic heterocycles. The number of hydrogen-bond acceptors (Lipinski definition) is 5. The van der Waals surface area contributed by atoms with Gasteiger partial charge in [0, 0.05) is 28.9 Å². The lowest BCUT2D eigenvalue weighted by molar-refractivity contribution is 0.415. The second kappa shape index (κ2) is 5.73. The third-order valence-electron chi connectivity index (χ3n) is 3.49. The van der Waals surface area contributed by atoms with Crippen LogP contribution < -0.4 is 10.1 Å². The molecular formula is C17H14N4OS. The standard InChI is InChI=1S/C17H14N4OS/c1-22-13-4-2-3-12(10-13)19-17-20-14-6-5-11(9-15(14)21-17)16-18-7-8-23-16/h2-10H,1H3,(H2,19,20,21). The van der Waals surface area contributed by atoms with Crippen LogP contribution in [0.4, 0.5) is 11.6 Å². The smallest absolute Gasteiger partial charge is 0.205 e. The highest BCUT2D eigenvalue weighted by molar-refractivity contribution is 7.13. The van der Waals surface area contributed by atoms with Crippen molar-refractivity contribution in [2.24, 2.45) is 0 Å². The molecule has 2 N–H and O–H groups in total. The van der Waals surface area contributed by atoms with Crippen molar-refractivity contribution < 1.29 is 4.74 Å². The number of H-pyrrole nitrogens is 1. The van der Waals surface area contributed by atoms with Gasteiger partial charge < -0.3 is 15.0 Å². The number of aromatic nitrogens is 3. The number of hydrogen-bond donors (Lipinski definition) is 2. The summed E-state index contributed by atoms with van der Waals surface area (Å²) in [5, 5.41) is 6.24. The van der Waals surface area contributed by atoms with Crippen LogP contribution in [0.3, 0.4) is 0 Å². The highest BCUT2D eigenvalue weighted by Crippen LogP contribution is 2.27. The van der Waals surface area contributed by atoms with Crippen LogP contribution in [0.15, 0.2) is 54.0 Å². The summed E-state index contributed by atoms with van der Waals surface area (Å²) in [5.74, 6) is 1.50. The second-order valence-corrected chi connectivity index (χ2v) is 5.91. The average Bonchev–Trinajstić information content (AvgIpc) is 3.23. The molecule has 0 saturated heterocycles. The SMILES string of the molecule is COc1cccc(Nc2nc3ccc(-c4nccs4)cc3[nH]2)c1. The van der Waals surface area contributed by atoms with E-state index < -0.39 is 0 Å². The minimum absolute atomic E-state index is 0.699. The maximum atomic E-state index is 5.23. The zero-order valence-electron chi connectivity index (χ0n) is 12.4. The van der Waals surface area contributed by atoms with Crippen LogP contribution in [0.25, 0.3) is 21.6 Å². The molecule has 2 aromatic carbocycles. The molecule has 4 aromatic rings. The second-order valence-electron chi connectivity index (χ2n) is 5.01. The van der Waals surface area contributed by atoms with Gasteiger partial charge in [-0.25, -0.2) is 9.97 Å². The number of benzene rings is 2. The molecule has 0 spiro atoms. The van der Waals surface area contributed by atoms with Crippen molar-refractivity contribution in [3.63, 3.8) is 0 Å². The first kappa shape index (κ1) is 13.8. The van der Waals surface area contributed by atoms with Crippen molar-refractivity contribution in [3.05, 3.63) is 54.0 Å². The molecule has 0 saturated carbocycles. The molecule has 0 aliphatic rings. The first-order chi connectivity index (χ1) is 11.3. The van der Waals surface area contributed by atoms with Gasteiger partial charge >= 0.3 is 0 Å². The maximum Gasteiger partial charge on any atom is 0.205 e. The number of methoxy groups -OCH3 is 1. The number of nitrogens with zero attached hydrogens (tertiary/aromatic N) is 2. The van der Waals surface area contributed by atoms with Crippen molar-refractivity contribution in [3.8, 4) is 16.3 Å². The lowest BCUT2D eigenvalue weighted by Crippen LogP contribution is -1.92. The number of rotatable bonds is 4. The highest BCUT2D eigenvalue weighted by atomic mass is 32.1. The molecule has 0 unspecified atom stereocenters. The van der Waals surface area contributed by atoms with Crippen molar-refractivity contribution in [1.29, 1.82) is 0 Å².